The summed E-state index contributed by atoms with van der Waals surface area (Å²) in [5.74, 6) is 1.18. The van der Waals surface area contributed by atoms with E-state index in [4.69, 9.17) is 15.7 Å². The van der Waals surface area contributed by atoms with Gasteiger partial charge in [-0.1, -0.05) is 54.6 Å². The summed E-state index contributed by atoms with van der Waals surface area (Å²) in [7, 11) is 4.00. The third kappa shape index (κ3) is 3.74. The fourth-order valence-electron chi connectivity index (χ4n) is 4.36. The molecule has 4 aromatic rings. The van der Waals surface area contributed by atoms with Crippen LogP contribution in [0, 0.1) is 0 Å². The maximum absolute atomic E-state index is 12.6. The highest BCUT2D eigenvalue weighted by molar-refractivity contribution is 7.17. The molecule has 0 aliphatic carbocycles. The van der Waals surface area contributed by atoms with E-state index in [-0.39, 0.29) is 5.91 Å². The maximum atomic E-state index is 12.6. The molecular formula is C25H25N5OS. The highest BCUT2D eigenvalue weighted by Crippen LogP contribution is 2.40. The quantitative estimate of drug-likeness (QED) is 0.507. The first kappa shape index (κ1) is 20.6. The maximum Gasteiger partial charge on any atom is 0.240 e. The molecule has 3 heterocycles. The second kappa shape index (κ2) is 8.33. The van der Waals surface area contributed by atoms with Gasteiger partial charge in [-0.2, -0.15) is 0 Å². The Balaban J connectivity index is 1.73. The molecule has 6 nitrogen and oxygen atoms in total. The number of carbonyl (C=O) groups is 1. The zero-order valence-electron chi connectivity index (χ0n) is 18.2. The largest absolute Gasteiger partial charge is 0.368 e. The highest BCUT2D eigenvalue weighted by atomic mass is 32.1. The summed E-state index contributed by atoms with van der Waals surface area (Å²) in [5, 5.41) is 3.11. The van der Waals surface area contributed by atoms with E-state index in [0.717, 1.165) is 33.0 Å². The molecule has 1 aliphatic heterocycles. The first-order chi connectivity index (χ1) is 15.5. The van der Waals surface area contributed by atoms with Crippen molar-refractivity contribution in [3.8, 4) is 11.1 Å². The third-order valence-corrected chi connectivity index (χ3v) is 6.72. The van der Waals surface area contributed by atoms with Crippen molar-refractivity contribution in [1.29, 1.82) is 0 Å². The molecular weight excluding hydrogens is 418 g/mol. The molecule has 0 spiro atoms. The van der Waals surface area contributed by atoms with E-state index in [2.05, 4.69) is 34.5 Å². The van der Waals surface area contributed by atoms with E-state index >= 15 is 0 Å². The monoisotopic (exact) mass is 443 g/mol. The Morgan fingerprint density at radius 1 is 1.09 bits per heavy atom. The summed E-state index contributed by atoms with van der Waals surface area (Å²) in [5.41, 5.74) is 10.5. The van der Waals surface area contributed by atoms with Crippen molar-refractivity contribution in [3.05, 3.63) is 76.9 Å². The number of nitrogens with zero attached hydrogens (tertiary/aromatic N) is 4. The van der Waals surface area contributed by atoms with Crippen molar-refractivity contribution >= 4 is 33.3 Å². The van der Waals surface area contributed by atoms with Crippen LogP contribution in [0.25, 0.3) is 21.3 Å². The van der Waals surface area contributed by atoms with E-state index in [9.17, 15) is 4.79 Å². The average molecular weight is 444 g/mol. The molecule has 5 rings (SSSR count). The van der Waals surface area contributed by atoms with Gasteiger partial charge in [0.15, 0.2) is 0 Å². The lowest BCUT2D eigenvalue weighted by atomic mass is 9.93. The van der Waals surface area contributed by atoms with Gasteiger partial charge in [0.05, 0.1) is 11.9 Å². The van der Waals surface area contributed by atoms with Crippen molar-refractivity contribution < 1.29 is 4.79 Å². The number of hydrogen-bond acceptors (Lipinski definition) is 6. The second-order valence-corrected chi connectivity index (χ2v) is 9.27. The number of benzene rings is 2. The molecule has 32 heavy (non-hydrogen) atoms. The number of primary amides is 1. The Bertz CT molecular complexity index is 1280. The van der Waals surface area contributed by atoms with Crippen LogP contribution in [-0.2, 0) is 24.3 Å². The summed E-state index contributed by atoms with van der Waals surface area (Å²) < 4.78 is 0. The Kier molecular flexibility index (Phi) is 5.36. The Morgan fingerprint density at radius 3 is 2.53 bits per heavy atom. The van der Waals surface area contributed by atoms with Gasteiger partial charge in [-0.05, 0) is 30.8 Å². The van der Waals surface area contributed by atoms with Gasteiger partial charge < -0.3 is 15.5 Å². The molecule has 7 heteroatoms. The minimum Gasteiger partial charge on any atom is -0.368 e. The zero-order chi connectivity index (χ0) is 22.2. The fourth-order valence-corrected chi connectivity index (χ4v) is 5.32. The van der Waals surface area contributed by atoms with Crippen molar-refractivity contribution in [2.75, 3.05) is 19.0 Å². The van der Waals surface area contributed by atoms with Gasteiger partial charge >= 0.3 is 0 Å². The summed E-state index contributed by atoms with van der Waals surface area (Å²) in [6.07, 6.45) is 0.574. The molecule has 0 radical (unpaired) electrons. The van der Waals surface area contributed by atoms with Crippen LogP contribution in [0.5, 0.6) is 0 Å². The van der Waals surface area contributed by atoms with Crippen molar-refractivity contribution in [2.24, 2.45) is 5.73 Å². The molecule has 0 unspecified atom stereocenters. The van der Waals surface area contributed by atoms with Gasteiger partial charge in [0.1, 0.15) is 22.5 Å². The molecule has 2 N–H and O–H groups in total. The van der Waals surface area contributed by atoms with E-state index in [1.807, 2.05) is 49.3 Å². The number of amides is 1. The molecule has 0 bridgehead atoms. The summed E-state index contributed by atoms with van der Waals surface area (Å²) in [6.45, 7) is 1.20. The molecule has 0 saturated heterocycles. The van der Waals surface area contributed by atoms with Gasteiger partial charge in [0, 0.05) is 23.9 Å². The predicted octanol–water partition coefficient (Wildman–Crippen LogP) is 3.84. The van der Waals surface area contributed by atoms with Crippen LogP contribution in [0.15, 0.2) is 60.0 Å². The standard InChI is InChI=1S/C25H25N5OS/c1-29(2)14-21-27-24(22-19(15-32-25(22)28-21)16-8-4-3-5-9-16)30-13-18-11-7-6-10-17(18)12-20(30)23(26)31/h3-11,15,20H,12-14H2,1-2H3,(H2,26,31)/t20-/m1/s1. The molecule has 2 aromatic heterocycles. The number of aromatic nitrogens is 2. The molecule has 1 aliphatic rings. The van der Waals surface area contributed by atoms with Gasteiger partial charge in [0.25, 0.3) is 0 Å². The lowest BCUT2D eigenvalue weighted by Gasteiger charge is -2.36. The topological polar surface area (TPSA) is 75.3 Å². The molecule has 1 amide bonds. The van der Waals surface area contributed by atoms with Gasteiger partial charge in [-0.3, -0.25) is 4.79 Å². The van der Waals surface area contributed by atoms with E-state index in [0.29, 0.717) is 19.5 Å². The number of hydrogen-bond donors (Lipinski definition) is 1. The van der Waals surface area contributed by atoms with E-state index < -0.39 is 6.04 Å². The van der Waals surface area contributed by atoms with Crippen LogP contribution < -0.4 is 10.6 Å². The number of fused-ring (bicyclic) bond motifs is 2. The van der Waals surface area contributed by atoms with Crippen LogP contribution in [0.1, 0.15) is 17.0 Å². The minimum atomic E-state index is -0.460. The molecule has 0 saturated carbocycles. The average Bonchev–Trinajstić information content (AvgIpc) is 3.22. The van der Waals surface area contributed by atoms with Gasteiger partial charge in [-0.25, -0.2) is 9.97 Å². The minimum absolute atomic E-state index is 0.336. The zero-order valence-corrected chi connectivity index (χ0v) is 19.0. The number of rotatable bonds is 5. The smallest absolute Gasteiger partial charge is 0.240 e. The number of nitrogens with two attached hydrogens (primary N) is 1. The van der Waals surface area contributed by atoms with Crippen LogP contribution in [-0.4, -0.2) is 40.9 Å². The molecule has 162 valence electrons. The Labute approximate surface area is 191 Å². The predicted molar refractivity (Wildman–Crippen MR) is 130 cm³/mol. The number of anilines is 1. The molecule has 2 aromatic carbocycles. The normalized spacial score (nSPS) is 15.8. The molecule has 0 fully saturated rings. The van der Waals surface area contributed by atoms with E-state index in [1.165, 1.54) is 11.1 Å². The van der Waals surface area contributed by atoms with Crippen LogP contribution in [0.2, 0.25) is 0 Å². The van der Waals surface area contributed by atoms with Crippen LogP contribution in [0.4, 0.5) is 5.82 Å². The number of carbonyl (C=O) groups excluding carboxylic acids is 1. The second-order valence-electron chi connectivity index (χ2n) is 8.42. The van der Waals surface area contributed by atoms with Crippen molar-refractivity contribution in [2.45, 2.75) is 25.6 Å². The molecule has 1 atom stereocenters. The first-order valence-corrected chi connectivity index (χ1v) is 11.5. The fraction of sp³-hybridized carbons (Fsp3) is 0.240. The summed E-state index contributed by atoms with van der Waals surface area (Å²) >= 11 is 1.61. The number of thiophene rings is 1. The van der Waals surface area contributed by atoms with Gasteiger partial charge in [-0.15, -0.1) is 11.3 Å². The van der Waals surface area contributed by atoms with Crippen LogP contribution >= 0.6 is 11.3 Å². The Hall–Kier alpha value is -3.29. The lowest BCUT2D eigenvalue weighted by molar-refractivity contribution is -0.119. The highest BCUT2D eigenvalue weighted by Gasteiger charge is 2.33. The SMILES string of the molecule is CN(C)Cc1nc(N2Cc3ccccc3C[C@@H]2C(N)=O)c2c(-c3ccccc3)csc2n1. The first-order valence-electron chi connectivity index (χ1n) is 10.6. The summed E-state index contributed by atoms with van der Waals surface area (Å²) in [6, 6.07) is 18.0. The van der Waals surface area contributed by atoms with Crippen molar-refractivity contribution in [3.63, 3.8) is 0 Å². The van der Waals surface area contributed by atoms with Crippen LogP contribution in [0.3, 0.4) is 0 Å². The lowest BCUT2D eigenvalue weighted by Crippen LogP contribution is -2.49. The summed E-state index contributed by atoms with van der Waals surface area (Å²) in [4.78, 5) is 27.5. The third-order valence-electron chi connectivity index (χ3n) is 5.85. The Morgan fingerprint density at radius 2 is 1.81 bits per heavy atom. The van der Waals surface area contributed by atoms with Gasteiger partial charge in [0.2, 0.25) is 5.91 Å². The van der Waals surface area contributed by atoms with Crippen molar-refractivity contribution in [1.82, 2.24) is 14.9 Å². The van der Waals surface area contributed by atoms with E-state index in [1.54, 1.807) is 11.3 Å².